The molecule has 1 aliphatic rings. The number of fused-ring (bicyclic) bond motifs is 1. The van der Waals surface area contributed by atoms with Crippen LogP contribution in [0.4, 0.5) is 5.13 Å². The topological polar surface area (TPSA) is 145 Å². The molecule has 198 valence electrons. The summed E-state index contributed by atoms with van der Waals surface area (Å²) < 4.78 is 30.7. The van der Waals surface area contributed by atoms with E-state index >= 15 is 0 Å². The first-order valence-corrected chi connectivity index (χ1v) is 15.0. The van der Waals surface area contributed by atoms with Gasteiger partial charge in [-0.15, -0.1) is 11.3 Å². The van der Waals surface area contributed by atoms with Crippen LogP contribution in [0.3, 0.4) is 0 Å². The number of anilines is 1. The summed E-state index contributed by atoms with van der Waals surface area (Å²) in [5.74, 6) is -0.0974. The Morgan fingerprint density at radius 2 is 1.97 bits per heavy atom. The van der Waals surface area contributed by atoms with Crippen molar-refractivity contribution < 1.29 is 22.8 Å². The number of nitrogens with one attached hydrogen (secondary N) is 2. The SMILES string of the molecule is CNCCOc1ccc2nc(NC(=O)/C(=N/OCc3nccs3)c3ccc(S(=O)(=O)C4CC4)cc3)sc2n1. The summed E-state index contributed by atoms with van der Waals surface area (Å²) in [5, 5.41) is 12.3. The Kier molecular flexibility index (Phi) is 7.93. The number of carbonyl (C=O) groups is 1. The van der Waals surface area contributed by atoms with Crippen LogP contribution in [-0.2, 0) is 26.1 Å². The minimum atomic E-state index is -3.36. The van der Waals surface area contributed by atoms with Gasteiger partial charge in [-0.25, -0.2) is 23.4 Å². The molecule has 1 fully saturated rings. The van der Waals surface area contributed by atoms with E-state index in [-0.39, 0.29) is 22.5 Å². The number of sulfone groups is 1. The number of hydrogen-bond acceptors (Lipinski definition) is 12. The predicted octanol–water partition coefficient (Wildman–Crippen LogP) is 3.24. The predicted molar refractivity (Wildman–Crippen MR) is 146 cm³/mol. The lowest BCUT2D eigenvalue weighted by Gasteiger charge is -2.08. The second-order valence-electron chi connectivity index (χ2n) is 8.31. The average molecular weight is 573 g/mol. The lowest BCUT2D eigenvalue weighted by Crippen LogP contribution is -2.24. The number of carbonyl (C=O) groups excluding carboxylic acids is 1. The number of oxime groups is 1. The fourth-order valence-electron chi connectivity index (χ4n) is 3.42. The van der Waals surface area contributed by atoms with Gasteiger partial charge in [-0.1, -0.05) is 28.6 Å². The van der Waals surface area contributed by atoms with Crippen LogP contribution in [0, 0.1) is 0 Å². The van der Waals surface area contributed by atoms with Crippen molar-refractivity contribution in [3.8, 4) is 5.88 Å². The summed E-state index contributed by atoms with van der Waals surface area (Å²) >= 11 is 2.60. The van der Waals surface area contributed by atoms with Gasteiger partial charge in [0.2, 0.25) is 5.88 Å². The van der Waals surface area contributed by atoms with Gasteiger partial charge in [-0.05, 0) is 38.1 Å². The molecule has 3 aromatic heterocycles. The molecule has 0 bridgehead atoms. The van der Waals surface area contributed by atoms with E-state index in [1.54, 1.807) is 30.5 Å². The molecular formula is C24H24N6O5S3. The van der Waals surface area contributed by atoms with Crippen molar-refractivity contribution in [3.63, 3.8) is 0 Å². The van der Waals surface area contributed by atoms with Crippen LogP contribution in [0.5, 0.6) is 5.88 Å². The number of hydrogen-bond donors (Lipinski definition) is 2. The molecule has 38 heavy (non-hydrogen) atoms. The van der Waals surface area contributed by atoms with Crippen molar-refractivity contribution in [1.82, 2.24) is 20.3 Å². The Morgan fingerprint density at radius 1 is 1.16 bits per heavy atom. The summed E-state index contributed by atoms with van der Waals surface area (Å²) in [6, 6.07) is 9.58. The van der Waals surface area contributed by atoms with Gasteiger partial charge in [0, 0.05) is 29.8 Å². The largest absolute Gasteiger partial charge is 0.476 e. The van der Waals surface area contributed by atoms with Gasteiger partial charge in [0.05, 0.1) is 10.1 Å². The molecule has 0 atom stereocenters. The highest BCUT2D eigenvalue weighted by Gasteiger charge is 2.36. The van der Waals surface area contributed by atoms with E-state index in [1.807, 2.05) is 12.4 Å². The number of rotatable bonds is 12. The smallest absolute Gasteiger partial charge is 0.280 e. The molecule has 0 spiro atoms. The van der Waals surface area contributed by atoms with E-state index < -0.39 is 15.7 Å². The Labute approximate surface area is 226 Å². The molecule has 11 nitrogen and oxygen atoms in total. The van der Waals surface area contributed by atoms with Crippen LogP contribution in [-0.4, -0.2) is 60.4 Å². The maximum atomic E-state index is 13.3. The Hall–Kier alpha value is -3.46. The van der Waals surface area contributed by atoms with Crippen molar-refractivity contribution in [2.24, 2.45) is 5.16 Å². The highest BCUT2D eigenvalue weighted by atomic mass is 32.2. The molecule has 0 unspecified atom stereocenters. The van der Waals surface area contributed by atoms with Gasteiger partial charge < -0.3 is 14.9 Å². The molecule has 3 heterocycles. The normalized spacial score (nSPS) is 14.0. The number of likely N-dealkylation sites (N-methyl/N-ethyl adjacent to an activating group) is 1. The number of pyridine rings is 1. The molecule has 2 N–H and O–H groups in total. The summed E-state index contributed by atoms with van der Waals surface area (Å²) in [6.07, 6.45) is 2.99. The van der Waals surface area contributed by atoms with Crippen LogP contribution in [0.25, 0.3) is 10.3 Å². The van der Waals surface area contributed by atoms with Gasteiger partial charge in [0.25, 0.3) is 5.91 Å². The van der Waals surface area contributed by atoms with Gasteiger partial charge in [-0.2, -0.15) is 0 Å². The number of nitrogens with zero attached hydrogens (tertiary/aromatic N) is 4. The Morgan fingerprint density at radius 3 is 2.68 bits per heavy atom. The second-order valence-corrected chi connectivity index (χ2v) is 12.5. The van der Waals surface area contributed by atoms with Crippen molar-refractivity contribution >= 4 is 59.6 Å². The quantitative estimate of drug-likeness (QED) is 0.148. The fourth-order valence-corrected chi connectivity index (χ4v) is 6.43. The number of aromatic nitrogens is 3. The van der Waals surface area contributed by atoms with E-state index in [0.29, 0.717) is 57.9 Å². The zero-order valence-electron chi connectivity index (χ0n) is 20.3. The second kappa shape index (κ2) is 11.5. The summed E-state index contributed by atoms with van der Waals surface area (Å²) in [7, 11) is -1.52. The first-order valence-electron chi connectivity index (χ1n) is 11.7. The molecule has 1 aliphatic carbocycles. The first kappa shape index (κ1) is 26.2. The van der Waals surface area contributed by atoms with Gasteiger partial charge in [0.15, 0.2) is 27.3 Å². The number of amides is 1. The highest BCUT2D eigenvalue weighted by Crippen LogP contribution is 2.33. The van der Waals surface area contributed by atoms with Crippen LogP contribution in [0.15, 0.2) is 58.0 Å². The van der Waals surface area contributed by atoms with Crippen molar-refractivity contribution in [2.45, 2.75) is 29.6 Å². The molecule has 14 heteroatoms. The zero-order valence-corrected chi connectivity index (χ0v) is 22.7. The van der Waals surface area contributed by atoms with Crippen molar-refractivity contribution in [2.75, 3.05) is 25.5 Å². The van der Waals surface area contributed by atoms with Gasteiger partial charge in [-0.3, -0.25) is 10.1 Å². The van der Waals surface area contributed by atoms with Crippen LogP contribution >= 0.6 is 22.7 Å². The summed E-state index contributed by atoms with van der Waals surface area (Å²) in [4.78, 5) is 32.6. The first-order chi connectivity index (χ1) is 18.4. The number of thiazole rings is 2. The molecular weight excluding hydrogens is 549 g/mol. The Balaban J connectivity index is 1.36. The Bertz CT molecular complexity index is 1550. The summed E-state index contributed by atoms with van der Waals surface area (Å²) in [6.45, 7) is 1.24. The van der Waals surface area contributed by atoms with Crippen molar-refractivity contribution in [3.05, 3.63) is 58.5 Å². The third-order valence-corrected chi connectivity index (χ3v) is 9.43. The molecule has 0 aliphatic heterocycles. The standard InChI is InChI=1S/C24H24N6O5S3/c1-25-10-12-34-19-9-8-18-23(28-19)37-24(27-18)29-22(31)21(30-35-14-20-26-11-13-36-20)15-2-4-16(5-3-15)38(32,33)17-6-7-17/h2-5,8-9,11,13,17,25H,6-7,10,12,14H2,1H3,(H,27,29,31)/b30-21+. The molecule has 4 aromatic rings. The fraction of sp³-hybridized carbons (Fsp3) is 0.292. The van der Waals surface area contributed by atoms with Gasteiger partial charge >= 0.3 is 0 Å². The van der Waals surface area contributed by atoms with Crippen LogP contribution in [0.2, 0.25) is 0 Å². The van der Waals surface area contributed by atoms with Crippen LogP contribution in [0.1, 0.15) is 23.4 Å². The number of ether oxygens (including phenoxy) is 1. The van der Waals surface area contributed by atoms with E-state index in [9.17, 15) is 13.2 Å². The minimum Gasteiger partial charge on any atom is -0.476 e. The highest BCUT2D eigenvalue weighted by molar-refractivity contribution is 7.92. The molecule has 5 rings (SSSR count). The maximum Gasteiger partial charge on any atom is 0.280 e. The van der Waals surface area contributed by atoms with E-state index in [0.717, 1.165) is 0 Å². The molecule has 0 radical (unpaired) electrons. The molecule has 0 saturated heterocycles. The third-order valence-electron chi connectivity index (χ3n) is 5.51. The summed E-state index contributed by atoms with van der Waals surface area (Å²) in [5.41, 5.74) is 0.982. The average Bonchev–Trinajstić information content (AvgIpc) is 3.52. The number of benzene rings is 1. The maximum absolute atomic E-state index is 13.3. The third kappa shape index (κ3) is 6.15. The van der Waals surface area contributed by atoms with E-state index in [1.165, 1.54) is 34.8 Å². The van der Waals surface area contributed by atoms with Crippen molar-refractivity contribution in [1.29, 1.82) is 0 Å². The monoisotopic (exact) mass is 572 g/mol. The molecule has 1 saturated carbocycles. The zero-order chi connectivity index (χ0) is 26.5. The lowest BCUT2D eigenvalue weighted by molar-refractivity contribution is -0.110. The molecule has 1 aromatic carbocycles. The van der Waals surface area contributed by atoms with Gasteiger partial charge in [0.1, 0.15) is 22.0 Å². The minimum absolute atomic E-state index is 0.0276. The van der Waals surface area contributed by atoms with E-state index in [4.69, 9.17) is 9.57 Å². The van der Waals surface area contributed by atoms with E-state index in [2.05, 4.69) is 30.7 Å². The van der Waals surface area contributed by atoms with Crippen LogP contribution < -0.4 is 15.4 Å². The lowest BCUT2D eigenvalue weighted by atomic mass is 10.1. The molecule has 1 amide bonds.